The lowest BCUT2D eigenvalue weighted by Crippen LogP contribution is -2.70. The van der Waals surface area contributed by atoms with Crippen molar-refractivity contribution in [2.24, 2.45) is 0 Å². The van der Waals surface area contributed by atoms with Crippen molar-refractivity contribution in [1.82, 2.24) is 0 Å². The highest BCUT2D eigenvalue weighted by Crippen LogP contribution is 2.61. The molecule has 16 heteroatoms. The van der Waals surface area contributed by atoms with Gasteiger partial charge in [-0.1, -0.05) is 12.1 Å². The zero-order valence-corrected chi connectivity index (χ0v) is 16.2. The molecule has 3 nitrogen and oxygen atoms in total. The molecule has 0 aromatic heterocycles. The molecule has 190 valence electrons. The first-order valence-electron chi connectivity index (χ1n) is 8.28. The molecule has 0 aliphatic rings. The van der Waals surface area contributed by atoms with Gasteiger partial charge in [0.15, 0.2) is 0 Å². The summed E-state index contributed by atoms with van der Waals surface area (Å²) in [5.74, 6) is -38.7. The maximum atomic E-state index is 14.0. The maximum absolute atomic E-state index is 14.0. The molecule has 0 saturated heterocycles. The van der Waals surface area contributed by atoms with E-state index in [9.17, 15) is 67.0 Å². The van der Waals surface area contributed by atoms with Crippen molar-refractivity contribution < 1.29 is 71.7 Å². The number of benzene rings is 1. The molecule has 0 heterocycles. The summed E-state index contributed by atoms with van der Waals surface area (Å²) in [6.45, 7) is 0.310. The zero-order chi connectivity index (χ0) is 26.5. The number of carbonyl (C=O) groups is 1. The number of hydrogen-bond acceptors (Lipinski definition) is 3. The quantitative estimate of drug-likeness (QED) is 0.354. The standard InChI is InChI=1S/C17H13F13O3/c1-11(32,9-5-3-8(4-6-9)10(31)33-2)7-12(18,19)13(20,21)14(22,23)15(24,25)16(26,27)17(28,29)30/h3-6,32H,7H2,1-2H3. The fourth-order valence-electron chi connectivity index (χ4n) is 2.53. The van der Waals surface area contributed by atoms with E-state index in [-0.39, 0.29) is 5.56 Å². The Labute approximate surface area is 176 Å². The summed E-state index contributed by atoms with van der Waals surface area (Å²) in [5.41, 5.74) is -4.27. The second-order valence-electron chi connectivity index (χ2n) is 7.02. The fourth-order valence-corrected chi connectivity index (χ4v) is 2.53. The summed E-state index contributed by atoms with van der Waals surface area (Å²) in [6.07, 6.45) is -10.3. The average Bonchev–Trinajstić information content (AvgIpc) is 2.65. The lowest BCUT2D eigenvalue weighted by molar-refractivity contribution is -0.441. The Balaban J connectivity index is 3.40. The minimum atomic E-state index is -8.01. The van der Waals surface area contributed by atoms with Crippen LogP contribution in [0.25, 0.3) is 0 Å². The third kappa shape index (κ3) is 4.57. The largest absolute Gasteiger partial charge is 0.465 e. The number of carbonyl (C=O) groups excluding carboxylic acids is 1. The molecule has 1 aromatic rings. The molecule has 0 saturated carbocycles. The first-order valence-corrected chi connectivity index (χ1v) is 8.28. The Kier molecular flexibility index (Phi) is 7.15. The van der Waals surface area contributed by atoms with Crippen molar-refractivity contribution in [3.05, 3.63) is 35.4 Å². The number of methoxy groups -OCH3 is 1. The predicted molar refractivity (Wildman–Crippen MR) is 82.8 cm³/mol. The summed E-state index contributed by atoms with van der Waals surface area (Å²) in [6, 6.07) is 2.92. The van der Waals surface area contributed by atoms with Crippen LogP contribution in [0.3, 0.4) is 0 Å². The van der Waals surface area contributed by atoms with Gasteiger partial charge >= 0.3 is 41.8 Å². The average molecular weight is 512 g/mol. The monoisotopic (exact) mass is 512 g/mol. The molecule has 0 fully saturated rings. The number of esters is 1. The Morgan fingerprint density at radius 2 is 1.15 bits per heavy atom. The van der Waals surface area contributed by atoms with Crippen molar-refractivity contribution >= 4 is 5.97 Å². The number of rotatable bonds is 8. The molecule has 1 rings (SSSR count). The summed E-state index contributed by atoms with van der Waals surface area (Å²) in [5, 5.41) is 10.0. The topological polar surface area (TPSA) is 46.5 Å². The number of hydrogen-bond donors (Lipinski definition) is 1. The highest BCUT2D eigenvalue weighted by molar-refractivity contribution is 5.89. The number of alkyl halides is 13. The van der Waals surface area contributed by atoms with Crippen LogP contribution in [0.5, 0.6) is 0 Å². The third-order valence-corrected chi connectivity index (χ3v) is 4.49. The van der Waals surface area contributed by atoms with Crippen molar-refractivity contribution in [1.29, 1.82) is 0 Å². The molecule has 33 heavy (non-hydrogen) atoms. The molecule has 0 amide bonds. The molecule has 1 unspecified atom stereocenters. The van der Waals surface area contributed by atoms with Crippen LogP contribution in [0.1, 0.15) is 29.3 Å². The smallest absolute Gasteiger partial charge is 0.460 e. The molecule has 1 atom stereocenters. The van der Waals surface area contributed by atoms with E-state index >= 15 is 0 Å². The second kappa shape index (κ2) is 8.20. The van der Waals surface area contributed by atoms with Gasteiger partial charge in [-0.05, 0) is 24.6 Å². The molecule has 0 spiro atoms. The summed E-state index contributed by atoms with van der Waals surface area (Å²) in [7, 11) is 0.938. The molecular formula is C17H13F13O3. The summed E-state index contributed by atoms with van der Waals surface area (Å²) in [4.78, 5) is 11.3. The predicted octanol–water partition coefficient (Wildman–Crippen LogP) is 5.81. The lowest BCUT2D eigenvalue weighted by Gasteiger charge is -2.41. The summed E-state index contributed by atoms with van der Waals surface area (Å²) < 4.78 is 176. The van der Waals surface area contributed by atoms with Gasteiger partial charge in [0.25, 0.3) is 0 Å². The minimum Gasteiger partial charge on any atom is -0.465 e. The Hall–Kier alpha value is -2.26. The Morgan fingerprint density at radius 3 is 1.52 bits per heavy atom. The molecule has 1 N–H and O–H groups in total. The number of halogens is 13. The number of ether oxygens (including phenoxy) is 1. The van der Waals surface area contributed by atoms with E-state index in [0.717, 1.165) is 19.2 Å². The van der Waals surface area contributed by atoms with Gasteiger partial charge < -0.3 is 9.84 Å². The van der Waals surface area contributed by atoms with Crippen LogP contribution < -0.4 is 0 Å². The van der Waals surface area contributed by atoms with Crippen molar-refractivity contribution in [2.75, 3.05) is 7.11 Å². The fraction of sp³-hybridized carbons (Fsp3) is 0.588. The van der Waals surface area contributed by atoms with Gasteiger partial charge in [-0.2, -0.15) is 57.1 Å². The molecular weight excluding hydrogens is 499 g/mol. The SMILES string of the molecule is COC(=O)c1ccc(C(C)(O)CC(F)(F)C(F)(F)C(F)(F)C(F)(F)C(F)(F)C(F)(F)F)cc1. The van der Waals surface area contributed by atoms with Gasteiger partial charge in [0, 0.05) is 0 Å². The van der Waals surface area contributed by atoms with Crippen LogP contribution >= 0.6 is 0 Å². The Bertz CT molecular complexity index is 858. The lowest BCUT2D eigenvalue weighted by atomic mass is 9.84. The molecule has 0 radical (unpaired) electrons. The van der Waals surface area contributed by atoms with E-state index < -0.39 is 59.3 Å². The Morgan fingerprint density at radius 1 is 0.758 bits per heavy atom. The van der Waals surface area contributed by atoms with E-state index in [4.69, 9.17) is 0 Å². The normalized spacial score (nSPS) is 16.4. The van der Waals surface area contributed by atoms with Crippen molar-refractivity contribution in [2.45, 2.75) is 54.7 Å². The first-order chi connectivity index (χ1) is 14.4. The first kappa shape index (κ1) is 28.8. The van der Waals surface area contributed by atoms with Crippen LogP contribution in [0.2, 0.25) is 0 Å². The van der Waals surface area contributed by atoms with E-state index in [1.165, 1.54) is 0 Å². The van der Waals surface area contributed by atoms with Crippen LogP contribution in [-0.2, 0) is 10.3 Å². The molecule has 0 aliphatic heterocycles. The minimum absolute atomic E-state index is 0.255. The zero-order valence-electron chi connectivity index (χ0n) is 16.2. The van der Waals surface area contributed by atoms with Gasteiger partial charge in [-0.25, -0.2) is 4.79 Å². The van der Waals surface area contributed by atoms with E-state index in [0.29, 0.717) is 19.1 Å². The molecule has 0 bridgehead atoms. The van der Waals surface area contributed by atoms with Crippen molar-refractivity contribution in [3.8, 4) is 0 Å². The molecule has 0 aliphatic carbocycles. The van der Waals surface area contributed by atoms with E-state index in [1.54, 1.807) is 0 Å². The van der Waals surface area contributed by atoms with Gasteiger partial charge in [-0.3, -0.25) is 0 Å². The molecule has 1 aromatic carbocycles. The highest BCUT2D eigenvalue weighted by atomic mass is 19.4. The van der Waals surface area contributed by atoms with Crippen LogP contribution in [0.4, 0.5) is 57.1 Å². The van der Waals surface area contributed by atoms with Crippen LogP contribution in [0, 0.1) is 0 Å². The van der Waals surface area contributed by atoms with Gasteiger partial charge in [-0.15, -0.1) is 0 Å². The maximum Gasteiger partial charge on any atom is 0.460 e. The highest BCUT2D eigenvalue weighted by Gasteiger charge is 2.90. The van der Waals surface area contributed by atoms with Gasteiger partial charge in [0.1, 0.15) is 0 Å². The summed E-state index contributed by atoms with van der Waals surface area (Å²) >= 11 is 0. The second-order valence-corrected chi connectivity index (χ2v) is 7.02. The van der Waals surface area contributed by atoms with Crippen LogP contribution in [-0.4, -0.2) is 54.0 Å². The van der Waals surface area contributed by atoms with Gasteiger partial charge in [0.2, 0.25) is 0 Å². The third-order valence-electron chi connectivity index (χ3n) is 4.49. The van der Waals surface area contributed by atoms with Crippen LogP contribution in [0.15, 0.2) is 24.3 Å². The van der Waals surface area contributed by atoms with E-state index in [1.807, 2.05) is 0 Å². The van der Waals surface area contributed by atoms with Crippen molar-refractivity contribution in [3.63, 3.8) is 0 Å². The van der Waals surface area contributed by atoms with Gasteiger partial charge in [0.05, 0.1) is 24.7 Å². The number of aliphatic hydroxyl groups is 1. The van der Waals surface area contributed by atoms with E-state index in [2.05, 4.69) is 4.74 Å².